The average molecular weight is 404 g/mol. The molecule has 7 heteroatoms. The normalized spacial score (nSPS) is 17.8. The van der Waals surface area contributed by atoms with Gasteiger partial charge >= 0.3 is 0 Å². The van der Waals surface area contributed by atoms with E-state index < -0.39 is 10.0 Å². The van der Waals surface area contributed by atoms with Crippen LogP contribution >= 0.6 is 0 Å². The highest BCUT2D eigenvalue weighted by atomic mass is 32.2. The Labute approximate surface area is 170 Å². The van der Waals surface area contributed by atoms with Crippen LogP contribution in [0.15, 0.2) is 71.8 Å². The molecule has 0 radical (unpaired) electrons. The Kier molecular flexibility index (Phi) is 4.02. The molecular formula is C22H20N4O2S. The van der Waals surface area contributed by atoms with Gasteiger partial charge in [-0.3, -0.25) is 0 Å². The van der Waals surface area contributed by atoms with Gasteiger partial charge in [0.05, 0.1) is 33.4 Å². The number of rotatable bonds is 2. The first kappa shape index (κ1) is 18.0. The van der Waals surface area contributed by atoms with Gasteiger partial charge in [0.1, 0.15) is 0 Å². The summed E-state index contributed by atoms with van der Waals surface area (Å²) in [5, 5.41) is 12.8. The fourth-order valence-electron chi connectivity index (χ4n) is 4.46. The summed E-state index contributed by atoms with van der Waals surface area (Å²) >= 11 is 0. The maximum Gasteiger partial charge on any atom is 0.243 e. The summed E-state index contributed by atoms with van der Waals surface area (Å²) in [5.74, 6) is 0. The van der Waals surface area contributed by atoms with Crippen LogP contribution < -0.4 is 5.32 Å². The number of piperidine rings is 1. The SMILES string of the molecule is N#Cc1cccc(S(=O)(=O)N2CCC3(CC2)Nc2ccccc2-n2cccc23)c1. The highest BCUT2D eigenvalue weighted by molar-refractivity contribution is 7.89. The van der Waals surface area contributed by atoms with Crippen molar-refractivity contribution < 1.29 is 8.42 Å². The topological polar surface area (TPSA) is 78.1 Å². The molecule has 0 bridgehead atoms. The molecule has 1 saturated heterocycles. The van der Waals surface area contributed by atoms with Gasteiger partial charge in [0, 0.05) is 25.0 Å². The minimum atomic E-state index is -3.63. The first-order chi connectivity index (χ1) is 14.0. The molecule has 1 N–H and O–H groups in total. The Balaban J connectivity index is 1.44. The number of para-hydroxylation sites is 2. The number of anilines is 1. The van der Waals surface area contributed by atoms with Crippen molar-refractivity contribution >= 4 is 15.7 Å². The van der Waals surface area contributed by atoms with Crippen LogP contribution in [0.5, 0.6) is 0 Å². The van der Waals surface area contributed by atoms with Crippen molar-refractivity contribution in [2.45, 2.75) is 23.3 Å². The van der Waals surface area contributed by atoms with Crippen molar-refractivity contribution in [3.63, 3.8) is 0 Å². The smallest absolute Gasteiger partial charge is 0.243 e. The molecule has 146 valence electrons. The highest BCUT2D eigenvalue weighted by Gasteiger charge is 2.43. The maximum absolute atomic E-state index is 13.1. The van der Waals surface area contributed by atoms with E-state index in [0.29, 0.717) is 31.5 Å². The van der Waals surface area contributed by atoms with Crippen LogP contribution in [0.2, 0.25) is 0 Å². The van der Waals surface area contributed by atoms with Crippen LogP contribution in [0.3, 0.4) is 0 Å². The number of aromatic nitrogens is 1. The van der Waals surface area contributed by atoms with Crippen LogP contribution in [-0.2, 0) is 15.6 Å². The fraction of sp³-hybridized carbons (Fsp3) is 0.227. The van der Waals surface area contributed by atoms with E-state index in [2.05, 4.69) is 34.3 Å². The van der Waals surface area contributed by atoms with Crippen LogP contribution in [0.1, 0.15) is 24.1 Å². The van der Waals surface area contributed by atoms with Gasteiger partial charge in [-0.2, -0.15) is 9.57 Å². The number of nitrogens with one attached hydrogen (secondary N) is 1. The Morgan fingerprint density at radius 2 is 1.79 bits per heavy atom. The molecule has 6 nitrogen and oxygen atoms in total. The predicted octanol–water partition coefficient (Wildman–Crippen LogP) is 3.45. The summed E-state index contributed by atoms with van der Waals surface area (Å²) in [6.07, 6.45) is 3.40. The van der Waals surface area contributed by atoms with Gasteiger partial charge in [-0.1, -0.05) is 18.2 Å². The minimum Gasteiger partial charge on any atom is -0.372 e. The maximum atomic E-state index is 13.1. The number of nitrogens with zero attached hydrogens (tertiary/aromatic N) is 3. The molecule has 0 aliphatic carbocycles. The van der Waals surface area contributed by atoms with E-state index in [1.807, 2.05) is 24.3 Å². The Morgan fingerprint density at radius 3 is 2.59 bits per heavy atom. The second-order valence-corrected chi connectivity index (χ2v) is 9.47. The van der Waals surface area contributed by atoms with Crippen LogP contribution in [0, 0.1) is 11.3 Å². The molecular weight excluding hydrogens is 384 g/mol. The molecule has 2 aliphatic heterocycles. The van der Waals surface area contributed by atoms with Gasteiger partial charge < -0.3 is 9.88 Å². The lowest BCUT2D eigenvalue weighted by atomic mass is 9.83. The third kappa shape index (κ3) is 2.76. The van der Waals surface area contributed by atoms with Gasteiger partial charge in [0.2, 0.25) is 10.0 Å². The van der Waals surface area contributed by atoms with E-state index >= 15 is 0 Å². The Morgan fingerprint density at radius 1 is 1.00 bits per heavy atom. The van der Waals surface area contributed by atoms with E-state index in [1.165, 1.54) is 16.1 Å². The lowest BCUT2D eigenvalue weighted by Crippen LogP contribution is -2.50. The van der Waals surface area contributed by atoms with Gasteiger partial charge in [0.25, 0.3) is 0 Å². The molecule has 2 aliphatic rings. The molecule has 1 spiro atoms. The number of hydrogen-bond acceptors (Lipinski definition) is 4. The summed E-state index contributed by atoms with van der Waals surface area (Å²) in [5.41, 5.74) is 3.40. The van der Waals surface area contributed by atoms with Crippen molar-refractivity contribution in [2.75, 3.05) is 18.4 Å². The van der Waals surface area contributed by atoms with Gasteiger partial charge in [-0.15, -0.1) is 0 Å². The van der Waals surface area contributed by atoms with Crippen molar-refractivity contribution in [3.8, 4) is 11.8 Å². The average Bonchev–Trinajstić information content (AvgIpc) is 3.26. The first-order valence-corrected chi connectivity index (χ1v) is 11.0. The van der Waals surface area contributed by atoms with Crippen LogP contribution in [0.25, 0.3) is 5.69 Å². The summed E-state index contributed by atoms with van der Waals surface area (Å²) in [4.78, 5) is 0.179. The molecule has 5 rings (SSSR count). The van der Waals surface area contributed by atoms with Crippen molar-refractivity contribution in [2.24, 2.45) is 0 Å². The predicted molar refractivity (Wildman–Crippen MR) is 110 cm³/mol. The number of hydrogen-bond donors (Lipinski definition) is 1. The van der Waals surface area contributed by atoms with E-state index in [1.54, 1.807) is 18.2 Å². The molecule has 0 amide bonds. The lowest BCUT2D eigenvalue weighted by Gasteiger charge is -2.45. The van der Waals surface area contributed by atoms with Crippen molar-refractivity contribution in [3.05, 3.63) is 78.1 Å². The van der Waals surface area contributed by atoms with Crippen molar-refractivity contribution in [1.29, 1.82) is 5.26 Å². The highest BCUT2D eigenvalue weighted by Crippen LogP contribution is 2.43. The van der Waals surface area contributed by atoms with Gasteiger partial charge in [-0.25, -0.2) is 8.42 Å². The first-order valence-electron chi connectivity index (χ1n) is 9.59. The Hall–Kier alpha value is -3.08. The molecule has 29 heavy (non-hydrogen) atoms. The molecule has 1 aromatic heterocycles. The summed E-state index contributed by atoms with van der Waals surface area (Å²) in [6.45, 7) is 0.832. The number of nitriles is 1. The summed E-state index contributed by atoms with van der Waals surface area (Å²) < 4.78 is 30.0. The number of fused-ring (bicyclic) bond motifs is 4. The zero-order valence-electron chi connectivity index (χ0n) is 15.7. The molecule has 2 aromatic carbocycles. The zero-order chi connectivity index (χ0) is 20.1. The third-order valence-corrected chi connectivity index (χ3v) is 7.85. The summed E-state index contributed by atoms with van der Waals surface area (Å²) in [6, 6.07) is 20.6. The van der Waals surface area contributed by atoms with E-state index in [-0.39, 0.29) is 10.4 Å². The van der Waals surface area contributed by atoms with E-state index in [0.717, 1.165) is 11.4 Å². The zero-order valence-corrected chi connectivity index (χ0v) is 16.6. The fourth-order valence-corrected chi connectivity index (χ4v) is 5.94. The third-order valence-electron chi connectivity index (χ3n) is 5.95. The molecule has 0 unspecified atom stereocenters. The molecule has 0 saturated carbocycles. The van der Waals surface area contributed by atoms with Crippen molar-refractivity contribution in [1.82, 2.24) is 8.87 Å². The van der Waals surface area contributed by atoms with E-state index in [9.17, 15) is 8.42 Å². The van der Waals surface area contributed by atoms with Crippen LogP contribution in [-0.4, -0.2) is 30.4 Å². The molecule has 0 atom stereocenters. The monoisotopic (exact) mass is 404 g/mol. The number of sulfonamides is 1. The largest absolute Gasteiger partial charge is 0.372 e. The molecule has 1 fully saturated rings. The molecule has 3 heterocycles. The second kappa shape index (κ2) is 6.48. The Bertz CT molecular complexity index is 1230. The quantitative estimate of drug-likeness (QED) is 0.710. The lowest BCUT2D eigenvalue weighted by molar-refractivity contribution is 0.247. The second-order valence-electron chi connectivity index (χ2n) is 7.53. The standard InChI is InChI=1S/C22H20N4O2S/c23-16-17-5-3-6-18(15-17)29(27,28)25-13-10-22(11-14-25)21-9-4-12-26(21)20-8-2-1-7-19(20)24-22/h1-9,12,15,24H,10-11,13-14H2. The van der Waals surface area contributed by atoms with E-state index in [4.69, 9.17) is 5.26 Å². The molecule has 3 aromatic rings. The minimum absolute atomic E-state index is 0.179. The number of benzene rings is 2. The van der Waals surface area contributed by atoms with Gasteiger partial charge in [0.15, 0.2) is 0 Å². The van der Waals surface area contributed by atoms with Gasteiger partial charge in [-0.05, 0) is 55.3 Å². The summed E-state index contributed by atoms with van der Waals surface area (Å²) in [7, 11) is -3.63. The van der Waals surface area contributed by atoms with Crippen LogP contribution in [0.4, 0.5) is 5.69 Å².